The maximum absolute atomic E-state index is 6.15. The number of hydrogen-bond acceptors (Lipinski definition) is 4. The number of guanidine groups is 1. The average molecular weight is 364 g/mol. The minimum atomic E-state index is -0.374. The lowest BCUT2D eigenvalue weighted by molar-refractivity contribution is 0.00578. The minimum absolute atomic E-state index is 0.0672. The van der Waals surface area contributed by atoms with Crippen LogP contribution in [0.3, 0.4) is 0 Å². The molecule has 0 atom stereocenters. The molecule has 0 aromatic heterocycles. The molecule has 7 heteroatoms. The Labute approximate surface area is 160 Å². The lowest BCUT2D eigenvalue weighted by atomic mass is 9.78. The highest BCUT2D eigenvalue weighted by molar-refractivity contribution is 6.62. The molecule has 2 aromatic carbocycles. The van der Waals surface area contributed by atoms with Crippen LogP contribution >= 0.6 is 0 Å². The van der Waals surface area contributed by atoms with E-state index in [2.05, 4.69) is 50.0 Å². The molecule has 1 heterocycles. The van der Waals surface area contributed by atoms with Gasteiger partial charge >= 0.3 is 7.12 Å². The molecule has 0 aliphatic carbocycles. The number of rotatable bonds is 4. The molecule has 0 saturated carbocycles. The zero-order valence-electron chi connectivity index (χ0n) is 16.1. The van der Waals surface area contributed by atoms with Crippen LogP contribution in [0.2, 0.25) is 0 Å². The van der Waals surface area contributed by atoms with E-state index >= 15 is 0 Å². The third-order valence-corrected chi connectivity index (χ3v) is 5.04. The molecule has 1 saturated heterocycles. The van der Waals surface area contributed by atoms with Gasteiger partial charge in [-0.3, -0.25) is 0 Å². The Morgan fingerprint density at radius 1 is 0.926 bits per heavy atom. The Hall–Kier alpha value is -2.64. The van der Waals surface area contributed by atoms with Crippen LogP contribution in [0.4, 0.5) is 0 Å². The van der Waals surface area contributed by atoms with Crippen LogP contribution in [0.5, 0.6) is 0 Å². The molecule has 0 amide bonds. The minimum Gasteiger partial charge on any atom is -0.399 e. The van der Waals surface area contributed by atoms with Crippen LogP contribution < -0.4 is 16.9 Å². The van der Waals surface area contributed by atoms with E-state index in [1.54, 1.807) is 6.21 Å². The Morgan fingerprint density at radius 2 is 1.56 bits per heavy atom. The molecule has 0 radical (unpaired) electrons. The molecule has 27 heavy (non-hydrogen) atoms. The van der Waals surface area contributed by atoms with Crippen molar-refractivity contribution in [3.8, 4) is 11.1 Å². The van der Waals surface area contributed by atoms with E-state index in [0.717, 1.165) is 22.2 Å². The summed E-state index contributed by atoms with van der Waals surface area (Å²) in [6, 6.07) is 16.2. The van der Waals surface area contributed by atoms with Crippen LogP contribution in [-0.4, -0.2) is 30.5 Å². The van der Waals surface area contributed by atoms with Gasteiger partial charge in [0, 0.05) is 0 Å². The van der Waals surface area contributed by atoms with Gasteiger partial charge in [-0.1, -0.05) is 48.5 Å². The molecule has 6 nitrogen and oxygen atoms in total. The summed E-state index contributed by atoms with van der Waals surface area (Å²) in [5.41, 5.74) is 13.9. The number of nitrogens with zero attached hydrogens (tertiary/aromatic N) is 2. The van der Waals surface area contributed by atoms with E-state index in [0.29, 0.717) is 0 Å². The quantitative estimate of drug-likeness (QED) is 0.377. The first-order valence-electron chi connectivity index (χ1n) is 8.86. The summed E-state index contributed by atoms with van der Waals surface area (Å²) in [6.07, 6.45) is 1.60. The first-order valence-corrected chi connectivity index (χ1v) is 8.86. The monoisotopic (exact) mass is 364 g/mol. The molecule has 3 rings (SSSR count). The fourth-order valence-electron chi connectivity index (χ4n) is 2.77. The Balaban J connectivity index is 1.80. The normalized spacial score (nSPS) is 18.0. The summed E-state index contributed by atoms with van der Waals surface area (Å²) in [7, 11) is -0.374. The third-order valence-electron chi connectivity index (χ3n) is 5.04. The number of nitrogens with two attached hydrogens (primary N) is 2. The summed E-state index contributed by atoms with van der Waals surface area (Å²) < 4.78 is 12.3. The molecule has 0 unspecified atom stereocenters. The highest BCUT2D eigenvalue weighted by Gasteiger charge is 2.51. The van der Waals surface area contributed by atoms with E-state index in [1.165, 1.54) is 0 Å². The molecule has 1 aliphatic heterocycles. The maximum Gasteiger partial charge on any atom is 0.494 e. The lowest BCUT2D eigenvalue weighted by Crippen LogP contribution is -2.41. The second-order valence-corrected chi connectivity index (χ2v) is 7.61. The van der Waals surface area contributed by atoms with Gasteiger partial charge in [0.2, 0.25) is 5.96 Å². The molecular weight excluding hydrogens is 339 g/mol. The fraction of sp³-hybridized carbons (Fsp3) is 0.300. The van der Waals surface area contributed by atoms with Crippen molar-refractivity contribution in [3.63, 3.8) is 0 Å². The number of hydrogen-bond donors (Lipinski definition) is 2. The summed E-state index contributed by atoms with van der Waals surface area (Å²) in [6.45, 7) is 8.22. The van der Waals surface area contributed by atoms with E-state index in [-0.39, 0.29) is 24.3 Å². The summed E-state index contributed by atoms with van der Waals surface area (Å²) >= 11 is 0. The van der Waals surface area contributed by atoms with Gasteiger partial charge < -0.3 is 20.8 Å². The summed E-state index contributed by atoms with van der Waals surface area (Å²) in [5.74, 6) is -0.0672. The average Bonchev–Trinajstić information content (AvgIpc) is 2.83. The zero-order chi connectivity index (χ0) is 19.7. The molecule has 1 fully saturated rings. The van der Waals surface area contributed by atoms with Gasteiger partial charge in [-0.05, 0) is 49.8 Å². The van der Waals surface area contributed by atoms with Crippen molar-refractivity contribution in [2.75, 3.05) is 0 Å². The van der Waals surface area contributed by atoms with Crippen molar-refractivity contribution >= 4 is 24.8 Å². The molecule has 2 aromatic rings. The first-order chi connectivity index (χ1) is 12.7. The van der Waals surface area contributed by atoms with Crippen molar-refractivity contribution in [1.29, 1.82) is 0 Å². The highest BCUT2D eigenvalue weighted by Crippen LogP contribution is 2.36. The molecule has 0 spiro atoms. The Kier molecular flexibility index (Phi) is 5.08. The Bertz CT molecular complexity index is 856. The molecule has 0 bridgehead atoms. The summed E-state index contributed by atoms with van der Waals surface area (Å²) in [4.78, 5) is 0. The molecule has 4 N–H and O–H groups in total. The lowest BCUT2D eigenvalue weighted by Gasteiger charge is -2.32. The van der Waals surface area contributed by atoms with Gasteiger partial charge in [-0.2, -0.15) is 5.10 Å². The topological polar surface area (TPSA) is 95.2 Å². The SMILES string of the molecule is CC1(C)OB(c2cccc(-c3ccc(C=NN=C(N)N)cc3)c2)OC1(C)C. The van der Waals surface area contributed by atoms with Crippen molar-refractivity contribution < 1.29 is 9.31 Å². The Morgan fingerprint density at radius 3 is 2.15 bits per heavy atom. The van der Waals surface area contributed by atoms with Crippen molar-refractivity contribution in [2.24, 2.45) is 21.7 Å². The van der Waals surface area contributed by atoms with E-state index in [4.69, 9.17) is 20.8 Å². The van der Waals surface area contributed by atoms with Gasteiger partial charge in [0.25, 0.3) is 0 Å². The van der Waals surface area contributed by atoms with Gasteiger partial charge in [-0.25, -0.2) is 0 Å². The smallest absolute Gasteiger partial charge is 0.399 e. The van der Waals surface area contributed by atoms with Crippen LogP contribution in [0.25, 0.3) is 11.1 Å². The van der Waals surface area contributed by atoms with E-state index in [1.807, 2.05) is 36.4 Å². The van der Waals surface area contributed by atoms with E-state index in [9.17, 15) is 0 Å². The van der Waals surface area contributed by atoms with Gasteiger partial charge in [0.05, 0.1) is 17.4 Å². The highest BCUT2D eigenvalue weighted by atomic mass is 16.7. The maximum atomic E-state index is 6.15. The number of benzene rings is 2. The molecular formula is C20H25BN4O2. The van der Waals surface area contributed by atoms with Crippen LogP contribution in [0, 0.1) is 0 Å². The van der Waals surface area contributed by atoms with Crippen LogP contribution in [0.1, 0.15) is 33.3 Å². The third kappa shape index (κ3) is 4.20. The second-order valence-electron chi connectivity index (χ2n) is 7.61. The summed E-state index contributed by atoms with van der Waals surface area (Å²) in [5, 5.41) is 7.41. The molecule has 1 aliphatic rings. The fourth-order valence-corrected chi connectivity index (χ4v) is 2.77. The van der Waals surface area contributed by atoms with Gasteiger partial charge in [0.15, 0.2) is 0 Å². The zero-order valence-corrected chi connectivity index (χ0v) is 16.1. The van der Waals surface area contributed by atoms with Gasteiger partial charge in [0.1, 0.15) is 0 Å². The van der Waals surface area contributed by atoms with Crippen molar-refractivity contribution in [3.05, 3.63) is 54.1 Å². The van der Waals surface area contributed by atoms with Gasteiger partial charge in [-0.15, -0.1) is 5.10 Å². The standard InChI is InChI=1S/C20H25BN4O2/c1-19(2)20(3,4)27-21(26-19)17-7-5-6-16(12-17)15-10-8-14(9-11-15)13-24-25-18(22)23/h5-13H,1-4H3,(H4,22,23,25). The predicted molar refractivity (Wildman–Crippen MR) is 111 cm³/mol. The van der Waals surface area contributed by atoms with Crippen molar-refractivity contribution in [2.45, 2.75) is 38.9 Å². The molecule has 140 valence electrons. The van der Waals surface area contributed by atoms with Crippen LogP contribution in [0.15, 0.2) is 58.7 Å². The first kappa shape index (κ1) is 19.1. The van der Waals surface area contributed by atoms with E-state index < -0.39 is 0 Å². The van der Waals surface area contributed by atoms with Crippen molar-refractivity contribution in [1.82, 2.24) is 0 Å². The second kappa shape index (κ2) is 7.17. The van der Waals surface area contributed by atoms with Crippen LogP contribution in [-0.2, 0) is 9.31 Å². The largest absolute Gasteiger partial charge is 0.494 e. The predicted octanol–water partition coefficient (Wildman–Crippen LogP) is 2.26.